The summed E-state index contributed by atoms with van der Waals surface area (Å²) in [6.45, 7) is -0.356. The largest absolute Gasteiger partial charge is 0.790 e. The average molecular weight is 653 g/mol. The smallest absolute Gasteiger partial charge is 0.470 e. The van der Waals surface area contributed by atoms with Crippen molar-refractivity contribution >= 4 is 23.5 Å². The third-order valence-electron chi connectivity index (χ3n) is 6.03. The Morgan fingerprint density at radius 2 is 1.49 bits per heavy atom. The lowest BCUT2D eigenvalue weighted by atomic mass is 9.97. The highest BCUT2D eigenvalue weighted by Gasteiger charge is 2.55. The van der Waals surface area contributed by atoms with E-state index in [2.05, 4.69) is 9.05 Å². The summed E-state index contributed by atoms with van der Waals surface area (Å²) in [5, 5.41) is 30.5. The van der Waals surface area contributed by atoms with Crippen LogP contribution in [0.3, 0.4) is 0 Å². The van der Waals surface area contributed by atoms with E-state index in [9.17, 15) is 58.4 Å². The lowest BCUT2D eigenvalue weighted by Crippen LogP contribution is -2.62. The Balaban J connectivity index is 2.02. The number of aryl methyl sites for hydroxylation is 1. The maximum atomic E-state index is 11.9. The molecule has 0 bridgehead atoms. The molecule has 0 saturated carbocycles. The highest BCUT2D eigenvalue weighted by Crippen LogP contribution is 2.50. The molecule has 3 rings (SSSR count). The molecule has 22 heteroatoms. The molecule has 0 spiro atoms. The third-order valence-corrected chi connectivity index (χ3v) is 7.56. The fourth-order valence-electron chi connectivity index (χ4n) is 4.50. The molecule has 41 heavy (non-hydrogen) atoms. The molecule has 0 radical (unpaired) electrons. The molecule has 2 aliphatic rings. The van der Waals surface area contributed by atoms with Gasteiger partial charge in [0.1, 0.15) is 54.6 Å². The van der Waals surface area contributed by atoms with Crippen LogP contribution in [0.15, 0.2) is 18.2 Å². The van der Waals surface area contributed by atoms with Crippen molar-refractivity contribution in [1.82, 2.24) is 0 Å². The number of ether oxygens (including phenoxy) is 4. The molecule has 1 aromatic rings. The lowest BCUT2D eigenvalue weighted by molar-refractivity contribution is -0.364. The Morgan fingerprint density at radius 1 is 0.878 bits per heavy atom. The quantitative estimate of drug-likeness (QED) is 0.119. The first-order valence-electron chi connectivity index (χ1n) is 11.5. The molecular weight excluding hydrogens is 625 g/mol. The number of rotatable bonds is 12. The molecule has 2 fully saturated rings. The minimum absolute atomic E-state index is 0.189. The molecule has 0 amide bonds. The van der Waals surface area contributed by atoms with E-state index in [0.717, 1.165) is 0 Å². The Bertz CT molecular complexity index is 1180. The molecule has 0 aliphatic carbocycles. The van der Waals surface area contributed by atoms with Crippen LogP contribution in [-0.2, 0) is 41.5 Å². The summed E-state index contributed by atoms with van der Waals surface area (Å²) >= 11 is 0. The molecule has 0 aromatic heterocycles. The van der Waals surface area contributed by atoms with Crippen LogP contribution in [0.25, 0.3) is 0 Å². The maximum Gasteiger partial charge on any atom is 0.470 e. The van der Waals surface area contributed by atoms with E-state index in [-0.39, 0.29) is 11.3 Å². The zero-order chi connectivity index (χ0) is 30.9. The van der Waals surface area contributed by atoms with E-state index in [1.54, 1.807) is 13.0 Å². The predicted molar refractivity (Wildman–Crippen MR) is 123 cm³/mol. The predicted octanol–water partition coefficient (Wildman–Crippen LogP) is -3.56. The highest BCUT2D eigenvalue weighted by molar-refractivity contribution is 7.46. The molecule has 19 nitrogen and oxygen atoms in total. The van der Waals surface area contributed by atoms with Gasteiger partial charge in [0.05, 0.1) is 28.1 Å². The number of methoxy groups -OCH3 is 1. The first kappa shape index (κ1) is 34.6. The second-order valence-electron chi connectivity index (χ2n) is 8.96. The van der Waals surface area contributed by atoms with E-state index in [0.29, 0.717) is 5.56 Å². The number of phosphoric acid groups is 3. The fourth-order valence-corrected chi connectivity index (χ4v) is 6.15. The molecule has 10 atom stereocenters. The molecule has 2 saturated heterocycles. The van der Waals surface area contributed by atoms with Crippen LogP contribution in [0.4, 0.5) is 0 Å². The topological polar surface area (TPSA) is 306 Å². The van der Waals surface area contributed by atoms with Gasteiger partial charge < -0.3 is 77.2 Å². The maximum absolute atomic E-state index is 11.9. The number of hydrogen-bond acceptors (Lipinski definition) is 16. The van der Waals surface area contributed by atoms with Gasteiger partial charge in [0, 0.05) is 5.56 Å². The third kappa shape index (κ3) is 9.06. The highest BCUT2D eigenvalue weighted by atomic mass is 31.2. The van der Waals surface area contributed by atoms with Crippen molar-refractivity contribution in [1.29, 1.82) is 0 Å². The van der Waals surface area contributed by atoms with Crippen LogP contribution < -0.4 is 19.4 Å². The second-order valence-corrected chi connectivity index (χ2v) is 12.4. The summed E-state index contributed by atoms with van der Waals surface area (Å²) in [5.41, 5.74) is 0.866. The first-order chi connectivity index (χ1) is 18.9. The van der Waals surface area contributed by atoms with Gasteiger partial charge in [-0.1, -0.05) is 11.6 Å². The minimum atomic E-state index is -5.93. The normalized spacial score (nSPS) is 34.4. The Labute approximate surface area is 232 Å². The number of phosphoric ester groups is 3. The second kappa shape index (κ2) is 13.4. The molecular formula is C19H28O19P3-3. The van der Waals surface area contributed by atoms with Gasteiger partial charge in [-0.25, -0.2) is 4.57 Å². The van der Waals surface area contributed by atoms with Crippen LogP contribution in [0.5, 0.6) is 5.75 Å². The monoisotopic (exact) mass is 653 g/mol. The Morgan fingerprint density at radius 3 is 2.00 bits per heavy atom. The van der Waals surface area contributed by atoms with Gasteiger partial charge >= 0.3 is 7.82 Å². The molecule has 1 unspecified atom stereocenters. The molecule has 2 aliphatic heterocycles. The van der Waals surface area contributed by atoms with Gasteiger partial charge in [0.15, 0.2) is 6.29 Å². The van der Waals surface area contributed by atoms with Gasteiger partial charge in [-0.05, 0) is 19.1 Å². The van der Waals surface area contributed by atoms with Crippen LogP contribution in [0.1, 0.15) is 17.2 Å². The van der Waals surface area contributed by atoms with Crippen LogP contribution in [0, 0.1) is 6.92 Å². The number of benzene rings is 1. The lowest BCUT2D eigenvalue weighted by Gasteiger charge is -2.47. The van der Waals surface area contributed by atoms with Crippen molar-refractivity contribution in [3.05, 3.63) is 29.3 Å². The van der Waals surface area contributed by atoms with Crippen molar-refractivity contribution < 1.29 is 90.9 Å². The average Bonchev–Trinajstić information content (AvgIpc) is 3.16. The van der Waals surface area contributed by atoms with Crippen molar-refractivity contribution in [2.24, 2.45) is 0 Å². The summed E-state index contributed by atoms with van der Waals surface area (Å²) in [4.78, 5) is 62.3. The molecule has 236 valence electrons. The molecule has 1 aromatic carbocycles. The van der Waals surface area contributed by atoms with E-state index in [1.807, 2.05) is 0 Å². The number of hydrogen-bond donors (Lipinski definition) is 6. The fraction of sp³-hybridized carbons (Fsp3) is 0.684. The summed E-state index contributed by atoms with van der Waals surface area (Å²) < 4.78 is 70.0. The van der Waals surface area contributed by atoms with Crippen LogP contribution in [-0.4, -0.2) is 99.3 Å². The van der Waals surface area contributed by atoms with Crippen molar-refractivity contribution in [3.8, 4) is 5.75 Å². The van der Waals surface area contributed by atoms with Gasteiger partial charge in [-0.2, -0.15) is 0 Å². The van der Waals surface area contributed by atoms with E-state index >= 15 is 0 Å². The summed E-state index contributed by atoms with van der Waals surface area (Å²) in [5.74, 6) is 0.189. The summed E-state index contributed by atoms with van der Waals surface area (Å²) in [7, 11) is -15.7. The molecule has 6 N–H and O–H groups in total. The van der Waals surface area contributed by atoms with Crippen LogP contribution >= 0.6 is 23.5 Å². The van der Waals surface area contributed by atoms with Gasteiger partial charge in [-0.15, -0.1) is 0 Å². The Kier molecular flexibility index (Phi) is 11.3. The van der Waals surface area contributed by atoms with Crippen molar-refractivity contribution in [2.75, 3.05) is 20.3 Å². The first-order valence-corrected chi connectivity index (χ1v) is 16.0. The van der Waals surface area contributed by atoms with E-state index in [4.69, 9.17) is 23.5 Å². The van der Waals surface area contributed by atoms with E-state index < -0.39 is 91.8 Å². The van der Waals surface area contributed by atoms with Gasteiger partial charge in [0.2, 0.25) is 0 Å². The standard InChI is InChI=1S/C19H31O19P3/c1-8-3-4-10(32-2)9(5-8)14-18(38-41(29,30)31)15(11(6-20)33-14)35-19-13(22)17(37-40(26,27)28)16(12(7-21)34-19)36-39(23,24)25/h3-5,11-22H,6-7H2,1-2H3,(H2,23,24,25)(H2,26,27,28)(H2,29,30,31)/p-3/t11-,12-,13-,14+,15-,16-,17-,18+,19-/m1/s1. The van der Waals surface area contributed by atoms with Crippen molar-refractivity contribution in [2.45, 2.75) is 62.0 Å². The number of aliphatic hydroxyl groups excluding tert-OH is 3. The summed E-state index contributed by atoms with van der Waals surface area (Å²) in [6.07, 6.45) is -17.6. The zero-order valence-corrected chi connectivity index (χ0v) is 23.9. The number of aliphatic hydroxyl groups is 3. The summed E-state index contributed by atoms with van der Waals surface area (Å²) in [6, 6.07) is 4.71. The minimum Gasteiger partial charge on any atom is -0.790 e. The van der Waals surface area contributed by atoms with E-state index in [1.165, 1.54) is 19.2 Å². The molecule has 2 heterocycles. The Hall–Kier alpha value is -0.890. The SMILES string of the molecule is COc1ccc(C)cc1[C@@H]1O[C@H](CO)[C@@H](O[C@H]2O[C@H](CO)[C@@H](OP(=O)([O-])[O-])[C@H](OP(=O)([O-])O)[C@H]2O)[C@H]1OP(=O)(O)O. The van der Waals surface area contributed by atoms with Gasteiger partial charge in [0.25, 0.3) is 7.82 Å². The van der Waals surface area contributed by atoms with Gasteiger partial charge in [-0.3, -0.25) is 9.09 Å². The van der Waals surface area contributed by atoms with Crippen molar-refractivity contribution in [3.63, 3.8) is 0 Å². The van der Waals surface area contributed by atoms with Crippen LogP contribution in [0.2, 0.25) is 0 Å². The zero-order valence-electron chi connectivity index (χ0n) is 21.2.